The van der Waals surface area contributed by atoms with Gasteiger partial charge in [-0.15, -0.1) is 0 Å². The van der Waals surface area contributed by atoms with E-state index in [1.165, 1.54) is 0 Å². The molecule has 2 aromatic carbocycles. The number of nitrogens with zero attached hydrogens (tertiary/aromatic N) is 1. The maximum absolute atomic E-state index is 5.85. The third-order valence-corrected chi connectivity index (χ3v) is 4.14. The van der Waals surface area contributed by atoms with Crippen LogP contribution in [0.2, 0.25) is 0 Å². The molecule has 3 rings (SSSR count). The Hall–Kier alpha value is -2.86. The highest BCUT2D eigenvalue weighted by atomic mass is 32.1. The largest absolute Gasteiger partial charge is 0.494 e. The fourth-order valence-corrected chi connectivity index (χ4v) is 2.87. The van der Waals surface area contributed by atoms with Crippen molar-refractivity contribution in [1.29, 1.82) is 0 Å². The van der Waals surface area contributed by atoms with Gasteiger partial charge < -0.3 is 20.5 Å². The minimum absolute atomic E-state index is 0.243. The minimum atomic E-state index is 0.243. The zero-order valence-corrected chi connectivity index (χ0v) is 15.9. The second kappa shape index (κ2) is 9.73. The molecule has 0 spiro atoms. The molecule has 27 heavy (non-hydrogen) atoms. The van der Waals surface area contributed by atoms with Gasteiger partial charge in [-0.1, -0.05) is 24.3 Å². The molecule has 5 nitrogen and oxygen atoms in total. The SMILES string of the molecule is NC(=S)Nc1cccc(OCCCCCOc2nccc3ccccc23)c1. The van der Waals surface area contributed by atoms with E-state index in [4.69, 9.17) is 27.4 Å². The summed E-state index contributed by atoms with van der Waals surface area (Å²) in [4.78, 5) is 4.34. The summed E-state index contributed by atoms with van der Waals surface area (Å²) in [5.41, 5.74) is 6.31. The quantitative estimate of drug-likeness (QED) is 0.420. The highest BCUT2D eigenvalue weighted by Crippen LogP contribution is 2.22. The van der Waals surface area contributed by atoms with Crippen LogP contribution in [-0.4, -0.2) is 23.3 Å². The Balaban J connectivity index is 1.36. The smallest absolute Gasteiger partial charge is 0.221 e. The first-order valence-electron chi connectivity index (χ1n) is 8.98. The Bertz CT molecular complexity index is 896. The lowest BCUT2D eigenvalue weighted by molar-refractivity contribution is 0.276. The summed E-state index contributed by atoms with van der Waals surface area (Å²) >= 11 is 4.84. The van der Waals surface area contributed by atoms with Gasteiger partial charge in [0.1, 0.15) is 5.75 Å². The summed E-state index contributed by atoms with van der Waals surface area (Å²) in [7, 11) is 0. The van der Waals surface area contributed by atoms with Crippen LogP contribution in [0, 0.1) is 0 Å². The fourth-order valence-electron chi connectivity index (χ4n) is 2.75. The van der Waals surface area contributed by atoms with Crippen LogP contribution in [0.4, 0.5) is 5.69 Å². The average molecular weight is 382 g/mol. The monoisotopic (exact) mass is 381 g/mol. The lowest BCUT2D eigenvalue weighted by atomic mass is 10.2. The van der Waals surface area contributed by atoms with Gasteiger partial charge in [0.15, 0.2) is 5.11 Å². The van der Waals surface area contributed by atoms with Crippen molar-refractivity contribution in [3.63, 3.8) is 0 Å². The maximum Gasteiger partial charge on any atom is 0.221 e. The predicted octanol–water partition coefficient (Wildman–Crippen LogP) is 4.52. The van der Waals surface area contributed by atoms with Gasteiger partial charge in [0.2, 0.25) is 5.88 Å². The third-order valence-electron chi connectivity index (χ3n) is 4.03. The Morgan fingerprint density at radius 2 is 1.78 bits per heavy atom. The molecular weight excluding hydrogens is 358 g/mol. The molecule has 0 unspecified atom stereocenters. The number of thiocarbonyl (C=S) groups is 1. The standard InChI is InChI=1S/C21H23N3O2S/c22-21(27)24-17-8-6-9-18(15-17)25-13-4-1-5-14-26-20-19-10-3-2-7-16(19)11-12-23-20/h2-3,6-12,15H,1,4-5,13-14H2,(H3,22,24,27). The number of unbranched alkanes of at least 4 members (excludes halogenated alkanes) is 2. The van der Waals surface area contributed by atoms with Crippen molar-refractivity contribution in [2.45, 2.75) is 19.3 Å². The number of aromatic nitrogens is 1. The molecule has 0 fully saturated rings. The second-order valence-electron chi connectivity index (χ2n) is 6.11. The summed E-state index contributed by atoms with van der Waals surface area (Å²) in [5.74, 6) is 1.50. The molecule has 0 amide bonds. The second-order valence-corrected chi connectivity index (χ2v) is 6.55. The molecule has 0 bridgehead atoms. The van der Waals surface area contributed by atoms with E-state index in [0.717, 1.165) is 41.5 Å². The molecule has 0 radical (unpaired) electrons. The van der Waals surface area contributed by atoms with Crippen LogP contribution >= 0.6 is 12.2 Å². The average Bonchev–Trinajstić information content (AvgIpc) is 2.67. The maximum atomic E-state index is 5.85. The van der Waals surface area contributed by atoms with Gasteiger partial charge in [0, 0.05) is 23.3 Å². The zero-order chi connectivity index (χ0) is 18.9. The molecule has 140 valence electrons. The van der Waals surface area contributed by atoms with Crippen molar-refractivity contribution >= 4 is 33.8 Å². The molecule has 0 aliphatic carbocycles. The number of benzene rings is 2. The normalized spacial score (nSPS) is 10.5. The van der Waals surface area contributed by atoms with Crippen molar-refractivity contribution < 1.29 is 9.47 Å². The van der Waals surface area contributed by atoms with Gasteiger partial charge in [0.25, 0.3) is 0 Å². The van der Waals surface area contributed by atoms with E-state index in [1.54, 1.807) is 6.20 Å². The van der Waals surface area contributed by atoms with E-state index in [2.05, 4.69) is 16.4 Å². The molecule has 0 aliphatic heterocycles. The first-order valence-corrected chi connectivity index (χ1v) is 9.39. The number of nitrogens with one attached hydrogen (secondary N) is 1. The first-order chi connectivity index (χ1) is 13.2. The summed E-state index contributed by atoms with van der Waals surface area (Å²) in [6, 6.07) is 17.7. The molecular formula is C21H23N3O2S. The first kappa shape index (κ1) is 18.9. The molecule has 1 heterocycles. The molecule has 0 aliphatic rings. The van der Waals surface area contributed by atoms with Gasteiger partial charge in [-0.2, -0.15) is 0 Å². The fraction of sp³-hybridized carbons (Fsp3) is 0.238. The lowest BCUT2D eigenvalue weighted by Crippen LogP contribution is -2.18. The Labute approximate surface area is 164 Å². The number of rotatable bonds is 9. The highest BCUT2D eigenvalue weighted by Gasteiger charge is 2.03. The van der Waals surface area contributed by atoms with Gasteiger partial charge >= 0.3 is 0 Å². The Kier molecular flexibility index (Phi) is 6.82. The summed E-state index contributed by atoms with van der Waals surface area (Å²) < 4.78 is 11.6. The van der Waals surface area contributed by atoms with Gasteiger partial charge in [-0.3, -0.25) is 0 Å². The number of hydrogen-bond donors (Lipinski definition) is 2. The number of pyridine rings is 1. The van der Waals surface area contributed by atoms with Crippen LogP contribution in [0.1, 0.15) is 19.3 Å². The number of hydrogen-bond acceptors (Lipinski definition) is 4. The van der Waals surface area contributed by atoms with E-state index in [0.29, 0.717) is 19.1 Å². The highest BCUT2D eigenvalue weighted by molar-refractivity contribution is 7.80. The van der Waals surface area contributed by atoms with Gasteiger partial charge in [0.05, 0.1) is 13.2 Å². The number of nitrogens with two attached hydrogens (primary N) is 1. The summed E-state index contributed by atoms with van der Waals surface area (Å²) in [6.07, 6.45) is 4.72. The van der Waals surface area contributed by atoms with Crippen molar-refractivity contribution in [3.05, 3.63) is 60.8 Å². The van der Waals surface area contributed by atoms with Crippen molar-refractivity contribution in [2.75, 3.05) is 18.5 Å². The Morgan fingerprint density at radius 1 is 0.963 bits per heavy atom. The molecule has 1 aromatic heterocycles. The van der Waals surface area contributed by atoms with Crippen molar-refractivity contribution in [2.24, 2.45) is 5.73 Å². The number of fused-ring (bicyclic) bond motifs is 1. The van der Waals surface area contributed by atoms with E-state index >= 15 is 0 Å². The van der Waals surface area contributed by atoms with Crippen LogP contribution < -0.4 is 20.5 Å². The van der Waals surface area contributed by atoms with Crippen molar-refractivity contribution in [3.8, 4) is 11.6 Å². The molecule has 3 N–H and O–H groups in total. The lowest BCUT2D eigenvalue weighted by Gasteiger charge is -2.10. The molecule has 3 aromatic rings. The Morgan fingerprint density at radius 3 is 2.63 bits per heavy atom. The van der Waals surface area contributed by atoms with Gasteiger partial charge in [-0.05, 0) is 61.1 Å². The number of ether oxygens (including phenoxy) is 2. The van der Waals surface area contributed by atoms with E-state index in [9.17, 15) is 0 Å². The molecule has 6 heteroatoms. The van der Waals surface area contributed by atoms with Crippen LogP contribution in [0.3, 0.4) is 0 Å². The van der Waals surface area contributed by atoms with Crippen LogP contribution in [0.25, 0.3) is 10.8 Å². The number of anilines is 1. The van der Waals surface area contributed by atoms with E-state index < -0.39 is 0 Å². The van der Waals surface area contributed by atoms with Crippen molar-refractivity contribution in [1.82, 2.24) is 4.98 Å². The minimum Gasteiger partial charge on any atom is -0.494 e. The predicted molar refractivity (Wildman–Crippen MR) is 113 cm³/mol. The third kappa shape index (κ3) is 5.82. The van der Waals surface area contributed by atoms with E-state index in [1.807, 2.05) is 48.5 Å². The van der Waals surface area contributed by atoms with Crippen LogP contribution in [0.5, 0.6) is 11.6 Å². The summed E-state index contributed by atoms with van der Waals surface area (Å²) in [6.45, 7) is 1.30. The zero-order valence-electron chi connectivity index (χ0n) is 15.1. The summed E-state index contributed by atoms with van der Waals surface area (Å²) in [5, 5.41) is 5.33. The molecule has 0 saturated heterocycles. The van der Waals surface area contributed by atoms with Crippen LogP contribution in [0.15, 0.2) is 60.8 Å². The van der Waals surface area contributed by atoms with E-state index in [-0.39, 0.29) is 5.11 Å². The van der Waals surface area contributed by atoms with Gasteiger partial charge in [-0.25, -0.2) is 4.98 Å². The molecule has 0 saturated carbocycles. The topological polar surface area (TPSA) is 69.4 Å². The van der Waals surface area contributed by atoms with Crippen LogP contribution in [-0.2, 0) is 0 Å². The molecule has 0 atom stereocenters.